The molecule has 0 spiro atoms. The predicted octanol–water partition coefficient (Wildman–Crippen LogP) is 4.63. The zero-order valence-corrected chi connectivity index (χ0v) is 21.0. The highest BCUT2D eigenvalue weighted by Crippen LogP contribution is 2.40. The Kier molecular flexibility index (Phi) is 7.23. The van der Waals surface area contributed by atoms with Crippen LogP contribution in [0.5, 0.6) is 17.2 Å². The van der Waals surface area contributed by atoms with Gasteiger partial charge in [-0.1, -0.05) is 18.2 Å². The Bertz CT molecular complexity index is 1160. The van der Waals surface area contributed by atoms with Gasteiger partial charge in [0.2, 0.25) is 0 Å². The fourth-order valence-corrected chi connectivity index (χ4v) is 4.42. The van der Waals surface area contributed by atoms with Crippen molar-refractivity contribution >= 4 is 28.8 Å². The molecule has 2 aromatic carbocycles. The van der Waals surface area contributed by atoms with Crippen LogP contribution in [0, 0.1) is 6.92 Å². The first-order valence-electron chi connectivity index (χ1n) is 11.3. The summed E-state index contributed by atoms with van der Waals surface area (Å²) in [6.45, 7) is 9.21. The molecule has 0 saturated carbocycles. The van der Waals surface area contributed by atoms with E-state index in [1.54, 1.807) is 7.11 Å². The van der Waals surface area contributed by atoms with Crippen LogP contribution in [0.15, 0.2) is 42.5 Å². The van der Waals surface area contributed by atoms with Gasteiger partial charge in [-0.25, -0.2) is 4.79 Å². The molecule has 8 nitrogen and oxygen atoms in total. The van der Waals surface area contributed by atoms with Crippen LogP contribution >= 0.6 is 11.8 Å². The van der Waals surface area contributed by atoms with Gasteiger partial charge in [0.15, 0.2) is 11.5 Å². The summed E-state index contributed by atoms with van der Waals surface area (Å²) in [7, 11) is 1.64. The van der Waals surface area contributed by atoms with E-state index in [1.165, 1.54) is 4.68 Å². The van der Waals surface area contributed by atoms with Crippen LogP contribution in [-0.4, -0.2) is 59.0 Å². The van der Waals surface area contributed by atoms with Gasteiger partial charge in [-0.15, -0.1) is 11.8 Å². The van der Waals surface area contributed by atoms with Gasteiger partial charge in [0.25, 0.3) is 0 Å². The van der Waals surface area contributed by atoms with Gasteiger partial charge in [0.1, 0.15) is 24.6 Å². The van der Waals surface area contributed by atoms with Crippen LogP contribution in [0.4, 0.5) is 4.79 Å². The number of nitrogens with zero attached hydrogens (tertiary/aromatic N) is 2. The maximum atomic E-state index is 12.6. The number of carbonyl (C=O) groups excluding carboxylic acids is 1. The zero-order chi connectivity index (χ0) is 24.3. The minimum Gasteiger partial charge on any atom is -0.493 e. The van der Waals surface area contributed by atoms with Gasteiger partial charge in [-0.05, 0) is 52.0 Å². The van der Waals surface area contributed by atoms with E-state index in [1.807, 2.05) is 81.9 Å². The number of thioether (sulfide) groups is 1. The van der Waals surface area contributed by atoms with E-state index in [2.05, 4.69) is 10.4 Å². The largest absolute Gasteiger partial charge is 0.493 e. The number of nitrogens with one attached hydrogen (secondary N) is 1. The van der Waals surface area contributed by atoms with Crippen molar-refractivity contribution in [2.45, 2.75) is 43.9 Å². The van der Waals surface area contributed by atoms with E-state index in [-0.39, 0.29) is 0 Å². The molecule has 0 aliphatic carbocycles. The zero-order valence-electron chi connectivity index (χ0n) is 20.2. The number of hydrogen-bond donors (Lipinski definition) is 1. The Morgan fingerprint density at radius 2 is 1.82 bits per heavy atom. The van der Waals surface area contributed by atoms with Crippen molar-refractivity contribution in [2.75, 3.05) is 26.9 Å². The van der Waals surface area contributed by atoms with Crippen LogP contribution in [0.1, 0.15) is 26.5 Å². The standard InChI is InChI=1S/C25H31N3O5S/c1-16-22-17(28(27-16)24(29)33-25(2,3)4)9-8-12-20(22)32-15-21-23(34-21)26-13-14-31-19-11-7-6-10-18(19)30-5/h6-12,21,23,26H,13-15H2,1-5H3/t21-,23?/m1/s1. The predicted molar refractivity (Wildman–Crippen MR) is 133 cm³/mol. The van der Waals surface area contributed by atoms with Gasteiger partial charge >= 0.3 is 6.09 Å². The first-order chi connectivity index (χ1) is 16.3. The minimum absolute atomic E-state index is 0.325. The quantitative estimate of drug-likeness (QED) is 0.347. The van der Waals surface area contributed by atoms with Gasteiger partial charge in [-0.2, -0.15) is 9.78 Å². The number of para-hydroxylation sites is 2. The number of fused-ring (bicyclic) bond motifs is 1. The summed E-state index contributed by atoms with van der Waals surface area (Å²) in [6, 6.07) is 13.2. The lowest BCUT2D eigenvalue weighted by Gasteiger charge is -2.19. The van der Waals surface area contributed by atoms with Crippen LogP contribution in [-0.2, 0) is 4.74 Å². The first-order valence-corrected chi connectivity index (χ1v) is 12.2. The van der Waals surface area contributed by atoms with Gasteiger partial charge < -0.3 is 24.3 Å². The van der Waals surface area contributed by atoms with E-state index in [0.29, 0.717) is 29.4 Å². The molecule has 0 amide bonds. The second-order valence-electron chi connectivity index (χ2n) is 8.99. The summed E-state index contributed by atoms with van der Waals surface area (Å²) in [6.07, 6.45) is -0.500. The summed E-state index contributed by atoms with van der Waals surface area (Å²) < 4.78 is 24.0. The fourth-order valence-electron chi connectivity index (χ4n) is 3.60. The fraction of sp³-hybridized carbons (Fsp3) is 0.440. The lowest BCUT2D eigenvalue weighted by atomic mass is 10.2. The molecule has 1 saturated heterocycles. The van der Waals surface area contributed by atoms with Crippen LogP contribution in [0.25, 0.3) is 10.9 Å². The SMILES string of the molecule is COc1ccccc1OCCNC1S[C@@H]1COc1cccc2c1c(C)nn2C(=O)OC(C)(C)C. The molecular formula is C25H31N3O5S. The highest BCUT2D eigenvalue weighted by atomic mass is 32.2. The molecule has 9 heteroatoms. The monoisotopic (exact) mass is 485 g/mol. The third-order valence-corrected chi connectivity index (χ3v) is 6.40. The van der Waals surface area contributed by atoms with Crippen molar-refractivity contribution in [1.82, 2.24) is 15.1 Å². The molecule has 34 heavy (non-hydrogen) atoms. The number of hydrogen-bond acceptors (Lipinski definition) is 8. The number of methoxy groups -OCH3 is 1. The molecule has 2 heterocycles. The smallest absolute Gasteiger partial charge is 0.435 e. The number of rotatable bonds is 9. The molecule has 3 aromatic rings. The molecule has 182 valence electrons. The lowest BCUT2D eigenvalue weighted by molar-refractivity contribution is 0.0522. The molecule has 1 N–H and O–H groups in total. The number of ether oxygens (including phenoxy) is 4. The van der Waals surface area contributed by atoms with Crippen molar-refractivity contribution in [3.05, 3.63) is 48.2 Å². The topological polar surface area (TPSA) is 83.8 Å². The summed E-state index contributed by atoms with van der Waals surface area (Å²) in [5.41, 5.74) is 0.805. The van der Waals surface area contributed by atoms with Gasteiger partial charge in [0, 0.05) is 6.54 Å². The average molecular weight is 486 g/mol. The Balaban J connectivity index is 1.29. The highest BCUT2D eigenvalue weighted by molar-refractivity contribution is 8.07. The summed E-state index contributed by atoms with van der Waals surface area (Å²) in [4.78, 5) is 12.6. The molecule has 1 fully saturated rings. The maximum Gasteiger partial charge on any atom is 0.435 e. The third-order valence-electron chi connectivity index (χ3n) is 5.17. The van der Waals surface area contributed by atoms with Crippen LogP contribution in [0.2, 0.25) is 0 Å². The normalized spacial score (nSPS) is 17.4. The number of carbonyl (C=O) groups is 1. The summed E-state index contributed by atoms with van der Waals surface area (Å²) in [5.74, 6) is 2.19. The molecule has 2 atom stereocenters. The molecule has 0 radical (unpaired) electrons. The molecule has 1 unspecified atom stereocenters. The second-order valence-corrected chi connectivity index (χ2v) is 10.4. The van der Waals surface area contributed by atoms with Crippen LogP contribution in [0.3, 0.4) is 0 Å². The van der Waals surface area contributed by atoms with E-state index < -0.39 is 11.7 Å². The molecule has 0 bridgehead atoms. The second kappa shape index (κ2) is 10.1. The maximum absolute atomic E-state index is 12.6. The van der Waals surface area contributed by atoms with Crippen molar-refractivity contribution < 1.29 is 23.7 Å². The Morgan fingerprint density at radius 1 is 1.09 bits per heavy atom. The minimum atomic E-state index is -0.596. The van der Waals surface area contributed by atoms with E-state index in [4.69, 9.17) is 18.9 Å². The molecule has 4 rings (SSSR count). The number of benzene rings is 2. The average Bonchev–Trinajstić information content (AvgIpc) is 3.46. The van der Waals surface area contributed by atoms with Gasteiger partial charge in [0.05, 0.1) is 34.3 Å². The molecule has 1 aliphatic heterocycles. The Hall–Kier alpha value is -2.91. The lowest BCUT2D eigenvalue weighted by Crippen LogP contribution is -2.27. The van der Waals surface area contributed by atoms with Crippen molar-refractivity contribution in [1.29, 1.82) is 0 Å². The van der Waals surface area contributed by atoms with Crippen molar-refractivity contribution in [2.24, 2.45) is 0 Å². The highest BCUT2D eigenvalue weighted by Gasteiger charge is 2.38. The summed E-state index contributed by atoms with van der Waals surface area (Å²) in [5, 5.41) is 9.38. The van der Waals surface area contributed by atoms with Crippen molar-refractivity contribution in [3.63, 3.8) is 0 Å². The third kappa shape index (κ3) is 5.77. The van der Waals surface area contributed by atoms with Crippen molar-refractivity contribution in [3.8, 4) is 17.2 Å². The first kappa shape index (κ1) is 24.2. The summed E-state index contributed by atoms with van der Waals surface area (Å²) >= 11 is 1.82. The van der Waals surface area contributed by atoms with E-state index in [0.717, 1.165) is 34.9 Å². The van der Waals surface area contributed by atoms with Crippen LogP contribution < -0.4 is 19.5 Å². The molecule has 1 aliphatic rings. The van der Waals surface area contributed by atoms with E-state index in [9.17, 15) is 4.79 Å². The Morgan fingerprint density at radius 3 is 2.56 bits per heavy atom. The van der Waals surface area contributed by atoms with Gasteiger partial charge in [-0.3, -0.25) is 0 Å². The molecular weight excluding hydrogens is 454 g/mol. The number of aromatic nitrogens is 2. The number of aryl methyl sites for hydroxylation is 1. The van der Waals surface area contributed by atoms with E-state index >= 15 is 0 Å². The Labute approximate surface area is 203 Å². The molecule has 1 aromatic heterocycles.